The van der Waals surface area contributed by atoms with Gasteiger partial charge >= 0.3 is 0 Å². The summed E-state index contributed by atoms with van der Waals surface area (Å²) in [6.07, 6.45) is 13.2. The predicted molar refractivity (Wildman–Crippen MR) is 131 cm³/mol. The molecule has 10 atom stereocenters. The van der Waals surface area contributed by atoms with Crippen molar-refractivity contribution in [2.45, 2.75) is 113 Å². The molecule has 1 N–H and O–H groups in total. The van der Waals surface area contributed by atoms with Crippen LogP contribution in [0, 0.1) is 63.1 Å². The number of allylic oxidation sites excluding steroid dienone is 1. The van der Waals surface area contributed by atoms with Gasteiger partial charge in [-0.15, -0.1) is 0 Å². The highest BCUT2D eigenvalue weighted by molar-refractivity contribution is 5.28. The quantitative estimate of drug-likeness (QED) is 0.423. The minimum atomic E-state index is -0.160. The molecule has 0 aromatic rings. The molecule has 0 unspecified atom stereocenters. The highest BCUT2D eigenvalue weighted by atomic mass is 16.3. The standard InChI is InChI=1S/C30H50O/c1-18(2)20-13-14-28(6)15-16-29(7)23-11-10-22-21(9-12-24(31)27(22,4)5)25(23)19(3)17-30(29,8)26(20)28/h10,18-21,23-26,31H,9,11-17H2,1-8H3/t19-,20-,21+,23+,24-,25+,26-,28-,29-,30+/m0/s1. The second-order valence-electron chi connectivity index (χ2n) is 14.6. The maximum atomic E-state index is 10.8. The third-order valence-corrected chi connectivity index (χ3v) is 12.8. The van der Waals surface area contributed by atoms with E-state index in [4.69, 9.17) is 0 Å². The SMILES string of the molecule is CC(C)[C@@H]1CC[C@@]2(C)CC[C@@]3(C)[C@@H]4CC=C5[C@@H](CC[C@H](O)C5(C)C)[C@H]4[C@@H](C)C[C@]3(C)[C@@H]12. The number of rotatable bonds is 1. The van der Waals surface area contributed by atoms with Gasteiger partial charge in [-0.05, 0) is 109 Å². The van der Waals surface area contributed by atoms with Crippen LogP contribution in [0.2, 0.25) is 0 Å². The largest absolute Gasteiger partial charge is 0.392 e. The summed E-state index contributed by atoms with van der Waals surface area (Å²) in [6, 6.07) is 0. The van der Waals surface area contributed by atoms with Gasteiger partial charge in [0.2, 0.25) is 0 Å². The molecule has 5 aliphatic carbocycles. The van der Waals surface area contributed by atoms with Gasteiger partial charge in [-0.2, -0.15) is 0 Å². The normalized spacial score (nSPS) is 55.7. The molecule has 1 heteroatoms. The zero-order valence-electron chi connectivity index (χ0n) is 21.8. The Kier molecular flexibility index (Phi) is 4.98. The average Bonchev–Trinajstić information content (AvgIpc) is 3.06. The first kappa shape index (κ1) is 22.5. The lowest BCUT2D eigenvalue weighted by molar-refractivity contribution is -0.208. The molecule has 0 bridgehead atoms. The van der Waals surface area contributed by atoms with E-state index in [9.17, 15) is 5.11 Å². The Labute approximate surface area is 192 Å². The van der Waals surface area contributed by atoms with E-state index in [0.717, 1.165) is 41.9 Å². The van der Waals surface area contributed by atoms with Crippen LogP contribution in [-0.2, 0) is 0 Å². The Bertz CT molecular complexity index is 762. The summed E-state index contributed by atoms with van der Waals surface area (Å²) in [7, 11) is 0. The van der Waals surface area contributed by atoms with Crippen LogP contribution in [-0.4, -0.2) is 11.2 Å². The Morgan fingerprint density at radius 3 is 2.32 bits per heavy atom. The Morgan fingerprint density at radius 2 is 1.65 bits per heavy atom. The number of aliphatic hydroxyl groups is 1. The summed E-state index contributed by atoms with van der Waals surface area (Å²) in [5.74, 6) is 5.81. The fourth-order valence-corrected chi connectivity index (χ4v) is 11.0. The molecule has 0 saturated heterocycles. The zero-order chi connectivity index (χ0) is 22.6. The third-order valence-electron chi connectivity index (χ3n) is 12.8. The van der Waals surface area contributed by atoms with Crippen LogP contribution < -0.4 is 0 Å². The Hall–Kier alpha value is -0.300. The van der Waals surface area contributed by atoms with Crippen LogP contribution in [0.5, 0.6) is 0 Å². The van der Waals surface area contributed by atoms with Gasteiger partial charge in [-0.3, -0.25) is 0 Å². The van der Waals surface area contributed by atoms with Crippen molar-refractivity contribution in [3.63, 3.8) is 0 Å². The number of aliphatic hydroxyl groups excluding tert-OH is 1. The molecule has 0 aromatic carbocycles. The van der Waals surface area contributed by atoms with Crippen LogP contribution in [0.4, 0.5) is 0 Å². The molecule has 0 aromatic heterocycles. The molecule has 0 spiro atoms. The Morgan fingerprint density at radius 1 is 0.935 bits per heavy atom. The monoisotopic (exact) mass is 426 g/mol. The smallest absolute Gasteiger partial charge is 0.0628 e. The maximum Gasteiger partial charge on any atom is 0.0628 e. The van der Waals surface area contributed by atoms with Crippen molar-refractivity contribution in [3.8, 4) is 0 Å². The fourth-order valence-electron chi connectivity index (χ4n) is 11.0. The highest BCUT2D eigenvalue weighted by Crippen LogP contribution is 2.76. The van der Waals surface area contributed by atoms with Crippen LogP contribution >= 0.6 is 0 Å². The summed E-state index contributed by atoms with van der Waals surface area (Å²) in [5, 5.41) is 10.8. The molecular formula is C30H50O. The van der Waals surface area contributed by atoms with E-state index in [1.165, 1.54) is 44.9 Å². The van der Waals surface area contributed by atoms with Gasteiger partial charge in [-0.25, -0.2) is 0 Å². The lowest BCUT2D eigenvalue weighted by atomic mass is 9.34. The second-order valence-corrected chi connectivity index (χ2v) is 14.6. The summed E-state index contributed by atoms with van der Waals surface area (Å²) in [5.41, 5.74) is 3.10. The maximum absolute atomic E-state index is 10.8. The summed E-state index contributed by atoms with van der Waals surface area (Å²) >= 11 is 0. The van der Waals surface area contributed by atoms with Crippen LogP contribution in [0.25, 0.3) is 0 Å². The van der Waals surface area contributed by atoms with E-state index in [0.29, 0.717) is 22.2 Å². The van der Waals surface area contributed by atoms with Crippen molar-refractivity contribution in [2.24, 2.45) is 63.1 Å². The summed E-state index contributed by atoms with van der Waals surface area (Å²) in [6.45, 7) is 20.4. The van der Waals surface area contributed by atoms with E-state index in [1.54, 1.807) is 5.57 Å². The van der Waals surface area contributed by atoms with Crippen molar-refractivity contribution >= 4 is 0 Å². The van der Waals surface area contributed by atoms with Gasteiger partial charge in [-0.1, -0.05) is 67.0 Å². The molecule has 1 nitrogen and oxygen atoms in total. The molecular weight excluding hydrogens is 376 g/mol. The van der Waals surface area contributed by atoms with Gasteiger partial charge in [0.05, 0.1) is 6.10 Å². The number of hydrogen-bond acceptors (Lipinski definition) is 1. The van der Waals surface area contributed by atoms with Crippen LogP contribution in [0.1, 0.15) is 107 Å². The van der Waals surface area contributed by atoms with Gasteiger partial charge in [0.1, 0.15) is 0 Å². The predicted octanol–water partition coefficient (Wildman–Crippen LogP) is 7.88. The highest BCUT2D eigenvalue weighted by Gasteiger charge is 2.69. The minimum absolute atomic E-state index is 0.0331. The summed E-state index contributed by atoms with van der Waals surface area (Å²) < 4.78 is 0. The van der Waals surface area contributed by atoms with E-state index >= 15 is 0 Å². The molecule has 5 aliphatic rings. The van der Waals surface area contributed by atoms with Crippen molar-refractivity contribution < 1.29 is 5.11 Å². The second kappa shape index (κ2) is 6.86. The molecule has 0 aliphatic heterocycles. The van der Waals surface area contributed by atoms with Gasteiger partial charge in [0.25, 0.3) is 0 Å². The first-order chi connectivity index (χ1) is 14.4. The van der Waals surface area contributed by atoms with E-state index in [-0.39, 0.29) is 11.5 Å². The average molecular weight is 427 g/mol. The van der Waals surface area contributed by atoms with Gasteiger partial charge in [0.15, 0.2) is 0 Å². The molecule has 4 saturated carbocycles. The van der Waals surface area contributed by atoms with E-state index in [2.05, 4.69) is 61.5 Å². The van der Waals surface area contributed by atoms with Gasteiger partial charge < -0.3 is 5.11 Å². The van der Waals surface area contributed by atoms with Crippen molar-refractivity contribution in [3.05, 3.63) is 11.6 Å². The lowest BCUT2D eigenvalue weighted by Gasteiger charge is -2.70. The first-order valence-corrected chi connectivity index (χ1v) is 13.8. The summed E-state index contributed by atoms with van der Waals surface area (Å²) in [4.78, 5) is 0. The molecule has 4 fully saturated rings. The third kappa shape index (κ3) is 2.77. The van der Waals surface area contributed by atoms with Crippen molar-refractivity contribution in [1.29, 1.82) is 0 Å². The minimum Gasteiger partial charge on any atom is -0.392 e. The molecule has 31 heavy (non-hydrogen) atoms. The zero-order valence-corrected chi connectivity index (χ0v) is 21.8. The van der Waals surface area contributed by atoms with Crippen molar-refractivity contribution in [1.82, 2.24) is 0 Å². The molecule has 0 radical (unpaired) electrons. The molecule has 0 heterocycles. The first-order valence-electron chi connectivity index (χ1n) is 13.8. The fraction of sp³-hybridized carbons (Fsp3) is 0.933. The van der Waals surface area contributed by atoms with Crippen LogP contribution in [0.15, 0.2) is 11.6 Å². The van der Waals surface area contributed by atoms with Gasteiger partial charge in [0, 0.05) is 5.41 Å². The van der Waals surface area contributed by atoms with Crippen molar-refractivity contribution in [2.75, 3.05) is 0 Å². The molecule has 0 amide bonds. The van der Waals surface area contributed by atoms with E-state index in [1.807, 2.05) is 0 Å². The van der Waals surface area contributed by atoms with E-state index < -0.39 is 0 Å². The lowest BCUT2D eigenvalue weighted by Crippen LogP contribution is -2.64. The van der Waals surface area contributed by atoms with Crippen LogP contribution in [0.3, 0.4) is 0 Å². The molecule has 5 rings (SSSR count). The topological polar surface area (TPSA) is 20.2 Å². The Balaban J connectivity index is 1.58. The number of hydrogen-bond donors (Lipinski definition) is 1. The molecule has 176 valence electrons. The number of fused-ring (bicyclic) bond motifs is 7.